The average Bonchev–Trinajstić information content (AvgIpc) is 2.18. The van der Waals surface area contributed by atoms with Crippen molar-refractivity contribution in [2.24, 2.45) is 5.92 Å². The number of hydrogen-bond acceptors (Lipinski definition) is 2. The first-order valence-corrected chi connectivity index (χ1v) is 7.69. The fourth-order valence-electron chi connectivity index (χ4n) is 1.45. The van der Waals surface area contributed by atoms with Crippen molar-refractivity contribution in [3.05, 3.63) is 0 Å². The summed E-state index contributed by atoms with van der Waals surface area (Å²) in [4.78, 5) is 0. The molecule has 0 aliphatic heterocycles. The topological polar surface area (TPSA) is 26.3 Å². The highest BCUT2D eigenvalue weighted by molar-refractivity contribution is 7.53. The molecule has 0 aromatic heterocycles. The van der Waals surface area contributed by atoms with E-state index in [9.17, 15) is 8.76 Å². The van der Waals surface area contributed by atoms with Crippen molar-refractivity contribution in [1.29, 1.82) is 0 Å². The van der Waals surface area contributed by atoms with Crippen molar-refractivity contribution in [2.45, 2.75) is 52.9 Å². The zero-order valence-electron chi connectivity index (χ0n) is 10.2. The van der Waals surface area contributed by atoms with Crippen LogP contribution in [0.25, 0.3) is 0 Å². The van der Waals surface area contributed by atoms with E-state index in [1.807, 2.05) is 6.92 Å². The molecule has 4 heteroatoms. The normalized spacial score (nSPS) is 17.3. The van der Waals surface area contributed by atoms with Gasteiger partial charge in [-0.1, -0.05) is 40.0 Å². The molecule has 0 fully saturated rings. The van der Waals surface area contributed by atoms with Gasteiger partial charge in [-0.05, 0) is 18.8 Å². The number of rotatable bonds is 9. The molecule has 92 valence electrons. The van der Waals surface area contributed by atoms with Crippen LogP contribution in [0.5, 0.6) is 0 Å². The van der Waals surface area contributed by atoms with Gasteiger partial charge in [0.05, 0.1) is 12.8 Å². The molecule has 2 unspecified atom stereocenters. The van der Waals surface area contributed by atoms with Gasteiger partial charge in [0.25, 0.3) is 0 Å². The predicted octanol–water partition coefficient (Wildman–Crippen LogP) is 4.79. The lowest BCUT2D eigenvalue weighted by molar-refractivity contribution is 0.219. The van der Waals surface area contributed by atoms with Gasteiger partial charge in [-0.25, -0.2) is 0 Å². The molecule has 0 amide bonds. The fraction of sp³-hybridized carbons (Fsp3) is 1.00. The van der Waals surface area contributed by atoms with E-state index < -0.39 is 7.68 Å². The maximum absolute atomic E-state index is 13.2. The highest BCUT2D eigenvalue weighted by atomic mass is 31.2. The van der Waals surface area contributed by atoms with E-state index in [2.05, 4.69) is 13.8 Å². The molecule has 0 aliphatic carbocycles. The van der Waals surface area contributed by atoms with Gasteiger partial charge in [-0.2, -0.15) is 4.20 Å². The molecular formula is C11H24FO2P. The highest BCUT2D eigenvalue weighted by Crippen LogP contribution is 2.49. The van der Waals surface area contributed by atoms with Gasteiger partial charge in [0, 0.05) is 0 Å². The maximum atomic E-state index is 13.2. The van der Waals surface area contributed by atoms with Gasteiger partial charge in [0.15, 0.2) is 0 Å². The van der Waals surface area contributed by atoms with Gasteiger partial charge in [-0.15, -0.1) is 0 Å². The van der Waals surface area contributed by atoms with Crippen molar-refractivity contribution >= 4 is 7.68 Å². The van der Waals surface area contributed by atoms with Crippen molar-refractivity contribution in [1.82, 2.24) is 0 Å². The first kappa shape index (κ1) is 15.1. The fourth-order valence-corrected chi connectivity index (χ4v) is 2.54. The SMILES string of the molecule is CCCCC(CC)COP(=O)(F)CCC. The van der Waals surface area contributed by atoms with E-state index >= 15 is 0 Å². The van der Waals surface area contributed by atoms with Crippen molar-refractivity contribution in [3.63, 3.8) is 0 Å². The summed E-state index contributed by atoms with van der Waals surface area (Å²) >= 11 is 0. The number of unbranched alkanes of at least 4 members (excludes halogenated alkanes) is 1. The molecular weight excluding hydrogens is 214 g/mol. The molecule has 0 N–H and O–H groups in total. The second-order valence-corrected chi connectivity index (χ2v) is 5.91. The Balaban J connectivity index is 3.83. The third-order valence-electron chi connectivity index (χ3n) is 2.54. The Morgan fingerprint density at radius 3 is 2.40 bits per heavy atom. The molecule has 0 aromatic carbocycles. The molecule has 0 spiro atoms. The van der Waals surface area contributed by atoms with Gasteiger partial charge in [0.1, 0.15) is 0 Å². The Hall–Kier alpha value is 0.120. The lowest BCUT2D eigenvalue weighted by Gasteiger charge is -2.16. The minimum atomic E-state index is -3.79. The van der Waals surface area contributed by atoms with Crippen molar-refractivity contribution in [2.75, 3.05) is 12.8 Å². The molecule has 0 bridgehead atoms. The van der Waals surface area contributed by atoms with Crippen LogP contribution in [0.15, 0.2) is 0 Å². The Labute approximate surface area is 93.2 Å². The summed E-state index contributed by atoms with van der Waals surface area (Å²) in [6.07, 6.45) is 4.90. The van der Waals surface area contributed by atoms with Gasteiger partial charge in [0.2, 0.25) is 0 Å². The predicted molar refractivity (Wildman–Crippen MR) is 63.1 cm³/mol. The van der Waals surface area contributed by atoms with Crippen LogP contribution in [0.4, 0.5) is 4.20 Å². The van der Waals surface area contributed by atoms with Gasteiger partial charge < -0.3 is 4.52 Å². The summed E-state index contributed by atoms with van der Waals surface area (Å²) in [6.45, 7) is 6.31. The van der Waals surface area contributed by atoms with Crippen LogP contribution in [-0.4, -0.2) is 12.8 Å². The molecule has 0 radical (unpaired) electrons. The zero-order valence-corrected chi connectivity index (χ0v) is 11.1. The van der Waals surface area contributed by atoms with E-state index in [0.717, 1.165) is 25.7 Å². The molecule has 0 saturated heterocycles. The summed E-state index contributed by atoms with van der Waals surface area (Å²) < 4.78 is 29.4. The van der Waals surface area contributed by atoms with Crippen LogP contribution in [0.1, 0.15) is 52.9 Å². The molecule has 2 nitrogen and oxygen atoms in total. The number of halogens is 1. The molecule has 0 saturated carbocycles. The Kier molecular flexibility index (Phi) is 8.36. The Morgan fingerprint density at radius 1 is 1.27 bits per heavy atom. The van der Waals surface area contributed by atoms with Crippen molar-refractivity contribution in [3.8, 4) is 0 Å². The third-order valence-corrected chi connectivity index (χ3v) is 4.05. The minimum Gasteiger partial charge on any atom is -0.305 e. The van der Waals surface area contributed by atoms with Crippen LogP contribution in [0, 0.1) is 5.92 Å². The van der Waals surface area contributed by atoms with E-state index in [4.69, 9.17) is 4.52 Å². The summed E-state index contributed by atoms with van der Waals surface area (Å²) in [5.74, 6) is 0.353. The molecule has 15 heavy (non-hydrogen) atoms. The Bertz CT molecular complexity index is 197. The first-order chi connectivity index (χ1) is 7.05. The maximum Gasteiger partial charge on any atom is 0.367 e. The monoisotopic (exact) mass is 238 g/mol. The first-order valence-electron chi connectivity index (χ1n) is 5.99. The highest BCUT2D eigenvalue weighted by Gasteiger charge is 2.21. The summed E-state index contributed by atoms with van der Waals surface area (Å²) in [5, 5.41) is 0. The standard InChI is InChI=1S/C11H24FO2P/c1-4-7-8-11(6-3)10-14-15(12,13)9-5-2/h11H,4-10H2,1-3H3. The minimum absolute atomic E-state index is 0.0528. The lowest BCUT2D eigenvalue weighted by Crippen LogP contribution is -2.07. The van der Waals surface area contributed by atoms with Crippen molar-refractivity contribution < 1.29 is 13.3 Å². The quantitative estimate of drug-likeness (QED) is 0.540. The lowest BCUT2D eigenvalue weighted by atomic mass is 10.0. The van der Waals surface area contributed by atoms with Gasteiger partial charge in [-0.3, -0.25) is 4.57 Å². The largest absolute Gasteiger partial charge is 0.367 e. The van der Waals surface area contributed by atoms with E-state index in [-0.39, 0.29) is 6.16 Å². The smallest absolute Gasteiger partial charge is 0.305 e. The van der Waals surface area contributed by atoms with Crippen LogP contribution in [0.2, 0.25) is 0 Å². The zero-order chi connectivity index (χ0) is 11.7. The second-order valence-electron chi connectivity index (χ2n) is 4.03. The van der Waals surface area contributed by atoms with E-state index in [1.54, 1.807) is 0 Å². The Morgan fingerprint density at radius 2 is 1.93 bits per heavy atom. The van der Waals surface area contributed by atoms with Crippen LogP contribution in [-0.2, 0) is 9.09 Å². The van der Waals surface area contributed by atoms with Gasteiger partial charge >= 0.3 is 7.68 Å². The van der Waals surface area contributed by atoms with Crippen LogP contribution in [0.3, 0.4) is 0 Å². The van der Waals surface area contributed by atoms with E-state index in [1.165, 1.54) is 0 Å². The molecule has 0 rings (SSSR count). The number of hydrogen-bond donors (Lipinski definition) is 0. The summed E-state index contributed by atoms with van der Waals surface area (Å²) in [6, 6.07) is 0. The molecule has 0 aliphatic rings. The van der Waals surface area contributed by atoms with E-state index in [0.29, 0.717) is 18.9 Å². The summed E-state index contributed by atoms with van der Waals surface area (Å²) in [5.41, 5.74) is 0. The second kappa shape index (κ2) is 8.29. The average molecular weight is 238 g/mol. The van der Waals surface area contributed by atoms with Crippen LogP contribution >= 0.6 is 7.68 Å². The van der Waals surface area contributed by atoms with Crippen LogP contribution < -0.4 is 0 Å². The molecule has 2 atom stereocenters. The summed E-state index contributed by atoms with van der Waals surface area (Å²) in [7, 11) is -3.79. The third kappa shape index (κ3) is 7.98. The molecule has 0 heterocycles. The molecule has 0 aromatic rings.